The third kappa shape index (κ3) is 12.2. The highest BCUT2D eigenvalue weighted by molar-refractivity contribution is 5.90. The normalized spacial score (nSPS) is 19.1. The van der Waals surface area contributed by atoms with Crippen LogP contribution in [0.4, 0.5) is 4.39 Å². The van der Waals surface area contributed by atoms with Crippen molar-refractivity contribution < 1.29 is 42.9 Å². The minimum absolute atomic E-state index is 0.0105. The van der Waals surface area contributed by atoms with Gasteiger partial charge in [0.15, 0.2) is 0 Å². The van der Waals surface area contributed by atoms with Crippen LogP contribution in [0.5, 0.6) is 0 Å². The van der Waals surface area contributed by atoms with Gasteiger partial charge in [0, 0.05) is 34.2 Å². The summed E-state index contributed by atoms with van der Waals surface area (Å²) >= 11 is 0. The van der Waals surface area contributed by atoms with Gasteiger partial charge in [0.1, 0.15) is 17.9 Å². The lowest BCUT2D eigenvalue weighted by molar-refractivity contribution is -0.148. The lowest BCUT2D eigenvalue weighted by atomic mass is 9.89. The van der Waals surface area contributed by atoms with Crippen molar-refractivity contribution in [2.45, 2.75) is 123 Å². The molecule has 0 saturated carbocycles. The molecule has 9 atom stereocenters. The molecule has 0 radical (unpaired) electrons. The lowest BCUT2D eigenvalue weighted by Crippen LogP contribution is -2.59. The summed E-state index contributed by atoms with van der Waals surface area (Å²) < 4.78 is 25.2. The Kier molecular flexibility index (Phi) is 18.3. The van der Waals surface area contributed by atoms with Gasteiger partial charge in [0.2, 0.25) is 23.6 Å². The Bertz CT molecular complexity index is 1360. The molecule has 2 rings (SSSR count). The predicted octanol–water partition coefficient (Wildman–Crippen LogP) is 3.24. The Morgan fingerprint density at radius 3 is 2.04 bits per heavy atom. The standard InChI is InChI=1S/C39H64FN5O8/c1-12-24(6)34(44(9)38(49)33(23(4)5)43-37(48)32(41-8)22(2)3)30(52-10)21-31(46)45-19-13-14-29(45)35(53-11)25(7)36(47)42-28(39(50)51)20-26-15-17-27(40)18-16-26/h15-18,22-25,28-30,32-35,41H,12-14,19-21H2,1-11H3,(H,42,47)(H,43,48)(H,50,51)/t24-,25+,28?,29?,30+,32?,33?,34-,35+/m0/s1. The third-order valence-corrected chi connectivity index (χ3v) is 10.7. The van der Waals surface area contributed by atoms with E-state index in [1.54, 1.807) is 30.8 Å². The summed E-state index contributed by atoms with van der Waals surface area (Å²) in [6.07, 6.45) is 0.463. The first kappa shape index (κ1) is 45.5. The fourth-order valence-corrected chi connectivity index (χ4v) is 7.41. The molecular weight excluding hydrogens is 685 g/mol. The Hall–Kier alpha value is -3.62. The van der Waals surface area contributed by atoms with E-state index in [-0.39, 0.29) is 48.3 Å². The summed E-state index contributed by atoms with van der Waals surface area (Å²) in [5, 5.41) is 18.4. The second-order valence-electron chi connectivity index (χ2n) is 15.1. The molecule has 0 aliphatic carbocycles. The van der Waals surface area contributed by atoms with E-state index in [9.17, 15) is 33.5 Å². The number of hydrogen-bond acceptors (Lipinski definition) is 8. The topological polar surface area (TPSA) is 167 Å². The molecule has 1 aromatic rings. The molecule has 1 aliphatic heterocycles. The molecule has 1 heterocycles. The van der Waals surface area contributed by atoms with Crippen molar-refractivity contribution in [1.82, 2.24) is 25.8 Å². The van der Waals surface area contributed by atoms with Crippen LogP contribution in [0.25, 0.3) is 0 Å². The number of likely N-dealkylation sites (N-methyl/N-ethyl adjacent to an activating group) is 2. The zero-order chi connectivity index (χ0) is 40.2. The van der Waals surface area contributed by atoms with Gasteiger partial charge in [-0.25, -0.2) is 9.18 Å². The summed E-state index contributed by atoms with van der Waals surface area (Å²) in [6, 6.07) is 1.93. The maximum atomic E-state index is 14.1. The summed E-state index contributed by atoms with van der Waals surface area (Å²) in [7, 11) is 6.38. The number of amides is 4. The molecule has 4 amide bonds. The molecule has 14 heteroatoms. The van der Waals surface area contributed by atoms with Crippen molar-refractivity contribution >= 4 is 29.6 Å². The first-order valence-electron chi connectivity index (χ1n) is 18.8. The second kappa shape index (κ2) is 21.3. The number of halogens is 1. The number of likely N-dealkylation sites (tertiary alicyclic amines) is 1. The lowest BCUT2D eigenvalue weighted by Gasteiger charge is -2.41. The van der Waals surface area contributed by atoms with Gasteiger partial charge in [-0.05, 0) is 55.3 Å². The summed E-state index contributed by atoms with van der Waals surface area (Å²) in [4.78, 5) is 70.2. The minimum atomic E-state index is -1.25. The van der Waals surface area contributed by atoms with Crippen molar-refractivity contribution in [2.75, 3.05) is 34.9 Å². The van der Waals surface area contributed by atoms with Crippen LogP contribution in [0, 0.1) is 29.5 Å². The number of methoxy groups -OCH3 is 2. The van der Waals surface area contributed by atoms with Crippen molar-refractivity contribution in [3.8, 4) is 0 Å². The van der Waals surface area contributed by atoms with Crippen molar-refractivity contribution in [2.24, 2.45) is 23.7 Å². The first-order valence-corrected chi connectivity index (χ1v) is 18.8. The molecule has 0 aromatic heterocycles. The van der Waals surface area contributed by atoms with E-state index in [1.807, 2.05) is 41.5 Å². The first-order chi connectivity index (χ1) is 24.9. The highest BCUT2D eigenvalue weighted by Gasteiger charge is 2.43. The number of rotatable bonds is 21. The summed E-state index contributed by atoms with van der Waals surface area (Å²) in [6.45, 7) is 13.7. The third-order valence-electron chi connectivity index (χ3n) is 10.7. The number of aliphatic carboxylic acids is 1. The van der Waals surface area contributed by atoms with Gasteiger partial charge in [-0.15, -0.1) is 0 Å². The Morgan fingerprint density at radius 2 is 1.55 bits per heavy atom. The van der Waals surface area contributed by atoms with Gasteiger partial charge in [-0.3, -0.25) is 19.2 Å². The molecule has 1 fully saturated rings. The van der Waals surface area contributed by atoms with E-state index in [0.717, 1.165) is 0 Å². The Labute approximate surface area is 315 Å². The maximum absolute atomic E-state index is 14.1. The van der Waals surface area contributed by atoms with Crippen molar-refractivity contribution in [1.29, 1.82) is 0 Å². The van der Waals surface area contributed by atoms with Gasteiger partial charge in [0.25, 0.3) is 0 Å². The largest absolute Gasteiger partial charge is 0.480 e. The van der Waals surface area contributed by atoms with Crippen LogP contribution in [-0.4, -0.2) is 122 Å². The number of nitrogens with zero attached hydrogens (tertiary/aromatic N) is 2. The molecule has 0 spiro atoms. The highest BCUT2D eigenvalue weighted by Crippen LogP contribution is 2.30. The van der Waals surface area contributed by atoms with Crippen molar-refractivity contribution in [3.63, 3.8) is 0 Å². The number of carboxylic acid groups (broad SMARTS) is 1. The molecule has 300 valence electrons. The van der Waals surface area contributed by atoms with Crippen LogP contribution in [0.15, 0.2) is 24.3 Å². The smallest absolute Gasteiger partial charge is 0.326 e. The van der Waals surface area contributed by atoms with Crippen molar-refractivity contribution in [3.05, 3.63) is 35.6 Å². The van der Waals surface area contributed by atoms with E-state index >= 15 is 0 Å². The van der Waals surface area contributed by atoms with Gasteiger partial charge >= 0.3 is 5.97 Å². The van der Waals surface area contributed by atoms with Gasteiger partial charge in [-0.1, -0.05) is 67.0 Å². The number of carboxylic acids is 1. The fraction of sp³-hybridized carbons (Fsp3) is 0.718. The van der Waals surface area contributed by atoms with Crippen LogP contribution in [-0.2, 0) is 39.9 Å². The number of nitrogens with one attached hydrogen (secondary N) is 3. The van der Waals surface area contributed by atoms with Crippen LogP contribution in [0.3, 0.4) is 0 Å². The van der Waals surface area contributed by atoms with Gasteiger partial charge < -0.3 is 40.3 Å². The predicted molar refractivity (Wildman–Crippen MR) is 200 cm³/mol. The summed E-state index contributed by atoms with van der Waals surface area (Å²) in [5.74, 6) is -4.05. The van der Waals surface area contributed by atoms with Crippen LogP contribution in [0.1, 0.15) is 79.7 Å². The number of hydrogen-bond donors (Lipinski definition) is 4. The minimum Gasteiger partial charge on any atom is -0.480 e. The van der Waals surface area contributed by atoms with E-state index in [4.69, 9.17) is 9.47 Å². The average Bonchev–Trinajstić information content (AvgIpc) is 3.60. The molecular formula is C39H64FN5O8. The van der Waals surface area contributed by atoms with E-state index in [2.05, 4.69) is 16.0 Å². The number of carbonyl (C=O) groups is 5. The van der Waals surface area contributed by atoms with E-state index in [0.29, 0.717) is 31.4 Å². The van der Waals surface area contributed by atoms with Gasteiger partial charge in [-0.2, -0.15) is 0 Å². The zero-order valence-electron chi connectivity index (χ0n) is 33.5. The number of carbonyl (C=O) groups excluding carboxylic acids is 4. The monoisotopic (exact) mass is 749 g/mol. The van der Waals surface area contributed by atoms with Crippen LogP contribution < -0.4 is 16.0 Å². The molecule has 1 saturated heterocycles. The Morgan fingerprint density at radius 1 is 0.943 bits per heavy atom. The Balaban J connectivity index is 2.26. The average molecular weight is 750 g/mol. The molecule has 0 bridgehead atoms. The molecule has 1 aliphatic rings. The van der Waals surface area contributed by atoms with Crippen LogP contribution in [0.2, 0.25) is 0 Å². The molecule has 4 N–H and O–H groups in total. The van der Waals surface area contributed by atoms with Crippen LogP contribution >= 0.6 is 0 Å². The molecule has 13 nitrogen and oxygen atoms in total. The second-order valence-corrected chi connectivity index (χ2v) is 15.1. The molecule has 1 aromatic carbocycles. The van der Waals surface area contributed by atoms with Gasteiger partial charge in [0.05, 0.1) is 42.7 Å². The van der Waals surface area contributed by atoms with E-state index < -0.39 is 66.0 Å². The number of benzene rings is 1. The maximum Gasteiger partial charge on any atom is 0.326 e. The highest BCUT2D eigenvalue weighted by atomic mass is 19.1. The zero-order valence-corrected chi connectivity index (χ0v) is 33.5. The fourth-order valence-electron chi connectivity index (χ4n) is 7.41. The summed E-state index contributed by atoms with van der Waals surface area (Å²) in [5.41, 5.74) is 0.552. The number of ether oxygens (including phenoxy) is 2. The quantitative estimate of drug-likeness (QED) is 0.148. The molecule has 53 heavy (non-hydrogen) atoms. The SMILES string of the molecule is CC[C@H](C)[C@@H]([C@@H](CC(=O)N1CCCC1[C@H](OC)[C@@H](C)C(=O)NC(Cc1ccc(F)cc1)C(=O)O)OC)N(C)C(=O)C(NC(=O)C(NC)C(C)C)C(C)C. The molecule has 4 unspecified atom stereocenters. The van der Waals surface area contributed by atoms with E-state index in [1.165, 1.54) is 38.5 Å².